The highest BCUT2D eigenvalue weighted by Crippen LogP contribution is 2.41. The number of hydrogen-bond donors (Lipinski definition) is 1. The zero-order chi connectivity index (χ0) is 14.1. The minimum absolute atomic E-state index is 0.325. The fraction of sp³-hybridized carbons (Fsp3) is 0.438. The molecule has 0 amide bonds. The standard InChI is InChI=1S/C16H22N4/c1-12(15-8-10-18-19(15)2)20-11-13(7-9-17)14-5-3-4-6-16(14)20/h3-6,8,10,12-13H,7,9,11,17H2,1-2H3. The molecule has 0 spiro atoms. The van der Waals surface area contributed by atoms with Crippen molar-refractivity contribution in [3.8, 4) is 0 Å². The van der Waals surface area contributed by atoms with E-state index < -0.39 is 0 Å². The molecule has 0 fully saturated rings. The molecule has 1 aliphatic heterocycles. The van der Waals surface area contributed by atoms with Gasteiger partial charge in [0, 0.05) is 31.4 Å². The van der Waals surface area contributed by atoms with Gasteiger partial charge in [-0.15, -0.1) is 0 Å². The molecule has 3 rings (SSSR count). The molecule has 2 aromatic rings. The first-order valence-electron chi connectivity index (χ1n) is 7.26. The van der Waals surface area contributed by atoms with E-state index >= 15 is 0 Å². The molecule has 2 N–H and O–H groups in total. The zero-order valence-electron chi connectivity index (χ0n) is 12.2. The van der Waals surface area contributed by atoms with Crippen LogP contribution in [-0.2, 0) is 7.05 Å². The van der Waals surface area contributed by atoms with Crippen molar-refractivity contribution < 1.29 is 0 Å². The molecule has 0 saturated heterocycles. The Bertz CT molecular complexity index is 590. The summed E-state index contributed by atoms with van der Waals surface area (Å²) >= 11 is 0. The molecule has 1 aliphatic rings. The molecular weight excluding hydrogens is 248 g/mol. The Morgan fingerprint density at radius 2 is 2.15 bits per heavy atom. The molecule has 2 unspecified atom stereocenters. The van der Waals surface area contributed by atoms with E-state index in [0.717, 1.165) is 19.5 Å². The summed E-state index contributed by atoms with van der Waals surface area (Å²) in [6.07, 6.45) is 2.91. The number of rotatable bonds is 4. The minimum atomic E-state index is 0.325. The van der Waals surface area contributed by atoms with Gasteiger partial charge in [0.2, 0.25) is 0 Å². The topological polar surface area (TPSA) is 47.1 Å². The molecule has 2 heterocycles. The Kier molecular flexibility index (Phi) is 3.49. The van der Waals surface area contributed by atoms with E-state index in [1.54, 1.807) is 0 Å². The summed E-state index contributed by atoms with van der Waals surface area (Å²) in [7, 11) is 2.01. The highest BCUT2D eigenvalue weighted by atomic mass is 15.3. The number of aryl methyl sites for hydroxylation is 1. The lowest BCUT2D eigenvalue weighted by Gasteiger charge is -2.28. The van der Waals surface area contributed by atoms with Crippen LogP contribution in [-0.4, -0.2) is 22.9 Å². The Morgan fingerprint density at radius 1 is 1.35 bits per heavy atom. The molecule has 0 aliphatic carbocycles. The second-order valence-electron chi connectivity index (χ2n) is 5.54. The Morgan fingerprint density at radius 3 is 2.85 bits per heavy atom. The number of fused-ring (bicyclic) bond motifs is 1. The average molecular weight is 270 g/mol. The fourth-order valence-electron chi connectivity index (χ4n) is 3.30. The molecule has 20 heavy (non-hydrogen) atoms. The van der Waals surface area contributed by atoms with E-state index in [0.29, 0.717) is 12.0 Å². The summed E-state index contributed by atoms with van der Waals surface area (Å²) in [4.78, 5) is 2.48. The monoisotopic (exact) mass is 270 g/mol. The van der Waals surface area contributed by atoms with Crippen LogP contribution in [0.15, 0.2) is 36.5 Å². The van der Waals surface area contributed by atoms with Gasteiger partial charge in [0.1, 0.15) is 0 Å². The first-order chi connectivity index (χ1) is 9.72. The van der Waals surface area contributed by atoms with Gasteiger partial charge in [-0.3, -0.25) is 4.68 Å². The van der Waals surface area contributed by atoms with Gasteiger partial charge in [-0.05, 0) is 37.6 Å². The Balaban J connectivity index is 1.94. The summed E-state index contributed by atoms with van der Waals surface area (Å²) in [5, 5.41) is 4.29. The smallest absolute Gasteiger partial charge is 0.0682 e. The highest BCUT2D eigenvalue weighted by molar-refractivity contribution is 5.61. The maximum atomic E-state index is 5.77. The third-order valence-electron chi connectivity index (χ3n) is 4.37. The van der Waals surface area contributed by atoms with Crippen LogP contribution < -0.4 is 10.6 Å². The van der Waals surface area contributed by atoms with Gasteiger partial charge in [0.05, 0.1) is 11.7 Å². The van der Waals surface area contributed by atoms with E-state index in [2.05, 4.69) is 47.3 Å². The van der Waals surface area contributed by atoms with E-state index in [-0.39, 0.29) is 0 Å². The van der Waals surface area contributed by atoms with Gasteiger partial charge in [-0.1, -0.05) is 18.2 Å². The summed E-state index contributed by atoms with van der Waals surface area (Å²) in [5.41, 5.74) is 9.80. The van der Waals surface area contributed by atoms with Crippen molar-refractivity contribution in [1.29, 1.82) is 0 Å². The minimum Gasteiger partial charge on any atom is -0.362 e. The summed E-state index contributed by atoms with van der Waals surface area (Å²) < 4.78 is 1.96. The van der Waals surface area contributed by atoms with Crippen LogP contribution in [0.25, 0.3) is 0 Å². The molecule has 0 radical (unpaired) electrons. The van der Waals surface area contributed by atoms with Crippen molar-refractivity contribution in [2.24, 2.45) is 12.8 Å². The van der Waals surface area contributed by atoms with E-state index in [1.807, 2.05) is 17.9 Å². The SMILES string of the molecule is CC(c1ccnn1C)N1CC(CCN)c2ccccc21. The quantitative estimate of drug-likeness (QED) is 0.928. The normalized spacial score (nSPS) is 19.1. The number of aromatic nitrogens is 2. The fourth-order valence-corrected chi connectivity index (χ4v) is 3.30. The van der Waals surface area contributed by atoms with Gasteiger partial charge in [0.25, 0.3) is 0 Å². The molecular formula is C16H22N4. The Labute approximate surface area is 120 Å². The lowest BCUT2D eigenvalue weighted by atomic mass is 9.98. The van der Waals surface area contributed by atoms with Crippen molar-refractivity contribution >= 4 is 5.69 Å². The first-order valence-corrected chi connectivity index (χ1v) is 7.26. The molecule has 0 bridgehead atoms. The molecule has 1 aromatic heterocycles. The number of anilines is 1. The van der Waals surface area contributed by atoms with Crippen molar-refractivity contribution in [1.82, 2.24) is 9.78 Å². The van der Waals surface area contributed by atoms with Crippen LogP contribution in [0, 0.1) is 0 Å². The van der Waals surface area contributed by atoms with Crippen molar-refractivity contribution in [2.75, 3.05) is 18.0 Å². The third-order valence-corrected chi connectivity index (χ3v) is 4.37. The van der Waals surface area contributed by atoms with E-state index in [4.69, 9.17) is 5.73 Å². The molecule has 0 saturated carbocycles. The van der Waals surface area contributed by atoms with Crippen molar-refractivity contribution in [3.63, 3.8) is 0 Å². The molecule has 106 valence electrons. The summed E-state index contributed by atoms with van der Waals surface area (Å²) in [5.74, 6) is 0.548. The van der Waals surface area contributed by atoms with Crippen LogP contribution in [0.3, 0.4) is 0 Å². The molecule has 4 nitrogen and oxygen atoms in total. The second-order valence-corrected chi connectivity index (χ2v) is 5.54. The Hall–Kier alpha value is -1.81. The van der Waals surface area contributed by atoms with Crippen molar-refractivity contribution in [3.05, 3.63) is 47.8 Å². The third kappa shape index (κ3) is 2.10. The molecule has 2 atom stereocenters. The first kappa shape index (κ1) is 13.2. The van der Waals surface area contributed by atoms with Crippen molar-refractivity contribution in [2.45, 2.75) is 25.3 Å². The molecule has 1 aromatic carbocycles. The molecule has 4 heteroatoms. The average Bonchev–Trinajstić information content (AvgIpc) is 3.03. The second kappa shape index (κ2) is 5.29. The highest BCUT2D eigenvalue weighted by Gasteiger charge is 2.31. The summed E-state index contributed by atoms with van der Waals surface area (Å²) in [6, 6.07) is 11.1. The zero-order valence-corrected chi connectivity index (χ0v) is 12.2. The predicted molar refractivity (Wildman–Crippen MR) is 81.8 cm³/mol. The van der Waals surface area contributed by atoms with Gasteiger partial charge in [-0.25, -0.2) is 0 Å². The van der Waals surface area contributed by atoms with Crippen LogP contribution in [0.2, 0.25) is 0 Å². The number of hydrogen-bond acceptors (Lipinski definition) is 3. The summed E-state index contributed by atoms with van der Waals surface area (Å²) in [6.45, 7) is 4.04. The van der Waals surface area contributed by atoms with Gasteiger partial charge in [0.15, 0.2) is 0 Å². The number of nitrogens with two attached hydrogens (primary N) is 1. The predicted octanol–water partition coefficient (Wildman–Crippen LogP) is 2.43. The largest absolute Gasteiger partial charge is 0.362 e. The number of nitrogens with zero attached hydrogens (tertiary/aromatic N) is 3. The van der Waals surface area contributed by atoms with Crippen LogP contribution in [0.5, 0.6) is 0 Å². The number of para-hydroxylation sites is 1. The van der Waals surface area contributed by atoms with Gasteiger partial charge >= 0.3 is 0 Å². The lowest BCUT2D eigenvalue weighted by molar-refractivity contribution is 0.574. The maximum absolute atomic E-state index is 5.77. The van der Waals surface area contributed by atoms with Crippen LogP contribution in [0.4, 0.5) is 5.69 Å². The van der Waals surface area contributed by atoms with Gasteiger partial charge in [-0.2, -0.15) is 5.10 Å². The lowest BCUT2D eigenvalue weighted by Crippen LogP contribution is -2.27. The number of benzene rings is 1. The maximum Gasteiger partial charge on any atom is 0.0682 e. The van der Waals surface area contributed by atoms with Crippen LogP contribution in [0.1, 0.15) is 36.6 Å². The van der Waals surface area contributed by atoms with Gasteiger partial charge < -0.3 is 10.6 Å². The van der Waals surface area contributed by atoms with Crippen LogP contribution >= 0.6 is 0 Å². The van der Waals surface area contributed by atoms with E-state index in [9.17, 15) is 0 Å². The van der Waals surface area contributed by atoms with E-state index in [1.165, 1.54) is 16.9 Å².